The monoisotopic (exact) mass is 197 g/mol. The summed E-state index contributed by atoms with van der Waals surface area (Å²) in [4.78, 5) is 15.7. The summed E-state index contributed by atoms with van der Waals surface area (Å²) in [6.45, 7) is 0. The summed E-state index contributed by atoms with van der Waals surface area (Å²) < 4.78 is 0. The van der Waals surface area contributed by atoms with E-state index in [-0.39, 0.29) is 6.04 Å². The molecule has 3 nitrogen and oxygen atoms in total. The predicted octanol–water partition coefficient (Wildman–Crippen LogP) is 1.56. The molecule has 1 aromatic rings. The van der Waals surface area contributed by atoms with Crippen LogP contribution in [0.25, 0.3) is 0 Å². The Morgan fingerprint density at radius 2 is 2.46 bits per heavy atom. The number of hydrogen-bond acceptors (Lipinski definition) is 3. The Bertz CT molecular complexity index is 340. The molecule has 1 aliphatic heterocycles. The SMILES string of the molecule is O=CC1NOc2cc(CCl)ccc21. The molecule has 1 heterocycles. The summed E-state index contributed by atoms with van der Waals surface area (Å²) in [5.41, 5.74) is 4.46. The molecule has 0 amide bonds. The first kappa shape index (κ1) is 8.53. The summed E-state index contributed by atoms with van der Waals surface area (Å²) in [7, 11) is 0. The first-order chi connectivity index (χ1) is 6.35. The average molecular weight is 198 g/mol. The molecule has 1 unspecified atom stereocenters. The van der Waals surface area contributed by atoms with E-state index < -0.39 is 0 Å². The van der Waals surface area contributed by atoms with Crippen molar-refractivity contribution in [1.29, 1.82) is 0 Å². The Balaban J connectivity index is 2.40. The van der Waals surface area contributed by atoms with E-state index >= 15 is 0 Å². The molecule has 1 aromatic carbocycles. The van der Waals surface area contributed by atoms with Crippen LogP contribution in [0.3, 0.4) is 0 Å². The molecule has 0 bridgehead atoms. The fourth-order valence-electron chi connectivity index (χ4n) is 1.30. The van der Waals surface area contributed by atoms with Crippen molar-refractivity contribution in [3.05, 3.63) is 29.3 Å². The van der Waals surface area contributed by atoms with Gasteiger partial charge in [0.2, 0.25) is 0 Å². The van der Waals surface area contributed by atoms with E-state index in [1.807, 2.05) is 18.2 Å². The van der Waals surface area contributed by atoms with Gasteiger partial charge in [-0.25, -0.2) is 0 Å². The number of alkyl halides is 1. The number of hydrogen-bond donors (Lipinski definition) is 1. The van der Waals surface area contributed by atoms with Crippen LogP contribution in [-0.2, 0) is 10.7 Å². The second kappa shape index (κ2) is 3.36. The number of fused-ring (bicyclic) bond motifs is 1. The standard InChI is InChI=1S/C9H8ClNO2/c10-4-6-1-2-7-8(5-12)11-13-9(7)3-6/h1-3,5,8,11H,4H2. The van der Waals surface area contributed by atoms with Gasteiger partial charge in [0, 0.05) is 11.4 Å². The Morgan fingerprint density at radius 3 is 3.15 bits per heavy atom. The molecule has 0 fully saturated rings. The summed E-state index contributed by atoms with van der Waals surface area (Å²) in [5.74, 6) is 1.14. The molecule has 4 heteroatoms. The fraction of sp³-hybridized carbons (Fsp3) is 0.222. The largest absolute Gasteiger partial charge is 0.407 e. The second-order valence-electron chi connectivity index (χ2n) is 2.84. The molecule has 0 aliphatic carbocycles. The third-order valence-corrected chi connectivity index (χ3v) is 2.31. The molecule has 13 heavy (non-hydrogen) atoms. The van der Waals surface area contributed by atoms with Crippen LogP contribution in [0, 0.1) is 0 Å². The van der Waals surface area contributed by atoms with Crippen molar-refractivity contribution in [3.8, 4) is 5.75 Å². The van der Waals surface area contributed by atoms with Crippen LogP contribution in [0.15, 0.2) is 18.2 Å². The lowest BCUT2D eigenvalue weighted by atomic mass is 10.1. The highest BCUT2D eigenvalue weighted by molar-refractivity contribution is 6.17. The molecule has 1 N–H and O–H groups in total. The molecule has 1 aliphatic rings. The normalized spacial score (nSPS) is 19.3. The van der Waals surface area contributed by atoms with E-state index in [0.717, 1.165) is 17.4 Å². The van der Waals surface area contributed by atoms with Gasteiger partial charge >= 0.3 is 0 Å². The van der Waals surface area contributed by atoms with Crippen LogP contribution in [0.2, 0.25) is 0 Å². The summed E-state index contributed by atoms with van der Waals surface area (Å²) >= 11 is 5.65. The van der Waals surface area contributed by atoms with Gasteiger partial charge in [0.15, 0.2) is 5.75 Å². The van der Waals surface area contributed by atoms with Crippen molar-refractivity contribution in [3.63, 3.8) is 0 Å². The van der Waals surface area contributed by atoms with Crippen LogP contribution >= 0.6 is 11.6 Å². The van der Waals surface area contributed by atoms with E-state index in [9.17, 15) is 4.79 Å². The second-order valence-corrected chi connectivity index (χ2v) is 3.11. The number of aldehydes is 1. The third kappa shape index (κ3) is 1.41. The first-order valence-corrected chi connectivity index (χ1v) is 4.45. The highest BCUT2D eigenvalue weighted by Gasteiger charge is 2.23. The van der Waals surface area contributed by atoms with Crippen LogP contribution in [0.4, 0.5) is 0 Å². The Morgan fingerprint density at radius 1 is 1.62 bits per heavy atom. The summed E-state index contributed by atoms with van der Waals surface area (Å²) in [6, 6.07) is 5.23. The number of carbonyl (C=O) groups excluding carboxylic acids is 1. The zero-order chi connectivity index (χ0) is 9.26. The van der Waals surface area contributed by atoms with Gasteiger partial charge in [-0.05, 0) is 11.6 Å². The van der Waals surface area contributed by atoms with Crippen LogP contribution in [0.5, 0.6) is 5.75 Å². The smallest absolute Gasteiger partial charge is 0.152 e. The van der Waals surface area contributed by atoms with Crippen molar-refractivity contribution >= 4 is 17.9 Å². The van der Waals surface area contributed by atoms with Gasteiger partial charge < -0.3 is 9.63 Å². The van der Waals surface area contributed by atoms with E-state index in [1.165, 1.54) is 0 Å². The molecule has 68 valence electrons. The number of hydroxylamine groups is 1. The van der Waals surface area contributed by atoms with E-state index in [0.29, 0.717) is 11.6 Å². The van der Waals surface area contributed by atoms with Crippen molar-refractivity contribution in [2.75, 3.05) is 0 Å². The number of nitrogens with one attached hydrogen (secondary N) is 1. The molecule has 0 spiro atoms. The minimum atomic E-state index is -0.348. The molecule has 2 rings (SSSR count). The molecule has 0 aromatic heterocycles. The Kier molecular flexibility index (Phi) is 2.20. The lowest BCUT2D eigenvalue weighted by Crippen LogP contribution is -2.17. The van der Waals surface area contributed by atoms with Crippen LogP contribution < -0.4 is 10.3 Å². The molecule has 0 saturated heterocycles. The van der Waals surface area contributed by atoms with Gasteiger partial charge in [-0.2, -0.15) is 0 Å². The maximum Gasteiger partial charge on any atom is 0.152 e. The van der Waals surface area contributed by atoms with Crippen molar-refractivity contribution in [2.24, 2.45) is 0 Å². The highest BCUT2D eigenvalue weighted by Crippen LogP contribution is 2.30. The van der Waals surface area contributed by atoms with Gasteiger partial charge in [-0.1, -0.05) is 12.1 Å². The van der Waals surface area contributed by atoms with Crippen molar-refractivity contribution < 1.29 is 9.63 Å². The Labute approximate surface area is 80.6 Å². The lowest BCUT2D eigenvalue weighted by molar-refractivity contribution is -0.110. The number of carbonyl (C=O) groups is 1. The average Bonchev–Trinajstić information content (AvgIpc) is 2.59. The topological polar surface area (TPSA) is 38.3 Å². The van der Waals surface area contributed by atoms with E-state index in [1.54, 1.807) is 0 Å². The fourth-order valence-corrected chi connectivity index (χ4v) is 1.46. The third-order valence-electron chi connectivity index (χ3n) is 2.00. The van der Waals surface area contributed by atoms with Gasteiger partial charge in [-0.15, -0.1) is 17.1 Å². The summed E-state index contributed by atoms with van der Waals surface area (Å²) in [5, 5.41) is 0. The van der Waals surface area contributed by atoms with Crippen molar-refractivity contribution in [1.82, 2.24) is 5.48 Å². The first-order valence-electron chi connectivity index (χ1n) is 3.91. The maximum absolute atomic E-state index is 10.6. The number of benzene rings is 1. The van der Waals surface area contributed by atoms with Gasteiger partial charge in [-0.3, -0.25) is 0 Å². The van der Waals surface area contributed by atoms with Crippen LogP contribution in [-0.4, -0.2) is 6.29 Å². The number of halogens is 1. The minimum Gasteiger partial charge on any atom is -0.407 e. The minimum absolute atomic E-state index is 0.348. The molecule has 0 saturated carbocycles. The number of rotatable bonds is 2. The maximum atomic E-state index is 10.6. The van der Waals surface area contributed by atoms with Gasteiger partial charge in [0.05, 0.1) is 0 Å². The zero-order valence-corrected chi connectivity index (χ0v) is 7.54. The van der Waals surface area contributed by atoms with Crippen LogP contribution in [0.1, 0.15) is 17.2 Å². The molecular formula is C9H8ClNO2. The Hall–Kier alpha value is -1.06. The van der Waals surface area contributed by atoms with Gasteiger partial charge in [0.25, 0.3) is 0 Å². The predicted molar refractivity (Wildman–Crippen MR) is 48.6 cm³/mol. The van der Waals surface area contributed by atoms with E-state index in [4.69, 9.17) is 16.4 Å². The zero-order valence-electron chi connectivity index (χ0n) is 6.79. The highest BCUT2D eigenvalue weighted by atomic mass is 35.5. The lowest BCUT2D eigenvalue weighted by Gasteiger charge is -1.99. The van der Waals surface area contributed by atoms with E-state index in [2.05, 4.69) is 5.48 Å². The molecule has 0 radical (unpaired) electrons. The quantitative estimate of drug-likeness (QED) is 0.578. The van der Waals surface area contributed by atoms with Crippen molar-refractivity contribution in [2.45, 2.75) is 11.9 Å². The summed E-state index contributed by atoms with van der Waals surface area (Å²) in [6.07, 6.45) is 0.812. The molecule has 1 atom stereocenters. The van der Waals surface area contributed by atoms with Gasteiger partial charge in [0.1, 0.15) is 12.3 Å². The molecular weight excluding hydrogens is 190 g/mol.